The van der Waals surface area contributed by atoms with E-state index < -0.39 is 0 Å². The van der Waals surface area contributed by atoms with Gasteiger partial charge in [0.1, 0.15) is 12.1 Å². The molecule has 2 N–H and O–H groups in total. The van der Waals surface area contributed by atoms with Gasteiger partial charge in [0, 0.05) is 31.6 Å². The summed E-state index contributed by atoms with van der Waals surface area (Å²) in [5, 5.41) is 6.60. The van der Waals surface area contributed by atoms with Gasteiger partial charge in [0.25, 0.3) is 0 Å². The molecule has 110 valence electrons. The van der Waals surface area contributed by atoms with E-state index in [-0.39, 0.29) is 24.8 Å². The largest absolute Gasteiger partial charge is 0.481 e. The third-order valence-electron chi connectivity index (χ3n) is 2.63. The lowest BCUT2D eigenvalue weighted by Gasteiger charge is -2.14. The third-order valence-corrected chi connectivity index (χ3v) is 2.63. The number of nitrogens with zero attached hydrogens (tertiary/aromatic N) is 2. The van der Waals surface area contributed by atoms with Gasteiger partial charge in [0.2, 0.25) is 5.88 Å². The molecule has 0 aromatic carbocycles. The highest BCUT2D eigenvalue weighted by molar-refractivity contribution is 5.85. The van der Waals surface area contributed by atoms with Crippen molar-refractivity contribution < 1.29 is 9.47 Å². The van der Waals surface area contributed by atoms with E-state index in [1.54, 1.807) is 13.2 Å². The van der Waals surface area contributed by atoms with E-state index in [1.165, 1.54) is 6.33 Å². The quantitative estimate of drug-likeness (QED) is 0.864. The Morgan fingerprint density at radius 3 is 3.11 bits per heavy atom. The van der Waals surface area contributed by atoms with Gasteiger partial charge in [0.05, 0.1) is 20.3 Å². The van der Waals surface area contributed by atoms with Crippen molar-refractivity contribution in [2.45, 2.75) is 0 Å². The maximum atomic E-state index is 5.48. The zero-order valence-electron chi connectivity index (χ0n) is 10.8. The minimum Gasteiger partial charge on any atom is -0.481 e. The minimum atomic E-state index is 0. The van der Waals surface area contributed by atoms with Gasteiger partial charge in [-0.3, -0.25) is 0 Å². The maximum absolute atomic E-state index is 5.48. The van der Waals surface area contributed by atoms with Gasteiger partial charge < -0.3 is 20.1 Å². The summed E-state index contributed by atoms with van der Waals surface area (Å²) in [5.74, 6) is 1.80. The van der Waals surface area contributed by atoms with Gasteiger partial charge in [-0.15, -0.1) is 24.8 Å². The molecule has 0 amide bonds. The highest BCUT2D eigenvalue weighted by Crippen LogP contribution is 2.11. The topological polar surface area (TPSA) is 68.3 Å². The molecule has 1 aliphatic heterocycles. The number of hydrogen-bond acceptors (Lipinski definition) is 6. The fraction of sp³-hybridized carbons (Fsp3) is 0.636. The average Bonchev–Trinajstić information content (AvgIpc) is 2.65. The van der Waals surface area contributed by atoms with Crippen molar-refractivity contribution in [3.63, 3.8) is 0 Å². The summed E-state index contributed by atoms with van der Waals surface area (Å²) < 4.78 is 10.5. The molecule has 0 spiro atoms. The van der Waals surface area contributed by atoms with Gasteiger partial charge in [-0.25, -0.2) is 9.97 Å². The zero-order chi connectivity index (χ0) is 11.9. The zero-order valence-corrected chi connectivity index (χ0v) is 12.4. The second kappa shape index (κ2) is 10.0. The fourth-order valence-electron chi connectivity index (χ4n) is 1.69. The van der Waals surface area contributed by atoms with Crippen molar-refractivity contribution >= 4 is 30.6 Å². The lowest BCUT2D eigenvalue weighted by atomic mass is 10.1. The molecule has 1 unspecified atom stereocenters. The van der Waals surface area contributed by atoms with E-state index in [2.05, 4.69) is 20.6 Å². The molecule has 1 aliphatic rings. The summed E-state index contributed by atoms with van der Waals surface area (Å²) in [7, 11) is 1.59. The van der Waals surface area contributed by atoms with Crippen molar-refractivity contribution in [1.82, 2.24) is 15.3 Å². The lowest BCUT2D eigenvalue weighted by Crippen LogP contribution is -2.28. The number of ether oxygens (including phenoxy) is 2. The molecule has 6 nitrogen and oxygen atoms in total. The second-order valence-electron chi connectivity index (χ2n) is 3.97. The minimum absolute atomic E-state index is 0. The third kappa shape index (κ3) is 6.24. The van der Waals surface area contributed by atoms with Gasteiger partial charge >= 0.3 is 0 Å². The molecular weight excluding hydrogens is 291 g/mol. The van der Waals surface area contributed by atoms with Gasteiger partial charge in [-0.05, 0) is 0 Å². The van der Waals surface area contributed by atoms with Crippen LogP contribution >= 0.6 is 24.8 Å². The van der Waals surface area contributed by atoms with E-state index in [1.807, 2.05) is 0 Å². The van der Waals surface area contributed by atoms with Gasteiger partial charge in [-0.2, -0.15) is 0 Å². The Hall–Kier alpha value is -0.820. The van der Waals surface area contributed by atoms with Crippen molar-refractivity contribution in [2.75, 3.05) is 45.3 Å². The van der Waals surface area contributed by atoms with Crippen LogP contribution in [0.4, 0.5) is 5.82 Å². The Kier molecular flexibility index (Phi) is 9.59. The Morgan fingerprint density at radius 1 is 1.47 bits per heavy atom. The second-order valence-corrected chi connectivity index (χ2v) is 3.97. The summed E-state index contributed by atoms with van der Waals surface area (Å²) in [6.45, 7) is 4.29. The highest BCUT2D eigenvalue weighted by atomic mass is 35.5. The van der Waals surface area contributed by atoms with Crippen LogP contribution in [0, 0.1) is 5.92 Å². The molecule has 1 saturated heterocycles. The Balaban J connectivity index is 0.00000162. The van der Waals surface area contributed by atoms with Crippen LogP contribution in [0.3, 0.4) is 0 Å². The van der Waals surface area contributed by atoms with Crippen molar-refractivity contribution in [3.05, 3.63) is 12.4 Å². The normalized spacial score (nSPS) is 18.5. The summed E-state index contributed by atoms with van der Waals surface area (Å²) in [5.41, 5.74) is 0. The summed E-state index contributed by atoms with van der Waals surface area (Å²) in [4.78, 5) is 8.09. The standard InChI is InChI=1S/C11H18N4O2.2ClH/c1-16-11-4-10(14-8-15-11)13-6-9-5-12-2-3-17-7-9;;/h4,8-9,12H,2-3,5-7H2,1H3,(H,13,14,15);2*1H. The number of rotatable bonds is 4. The summed E-state index contributed by atoms with van der Waals surface area (Å²) in [6, 6.07) is 1.78. The number of anilines is 1. The van der Waals surface area contributed by atoms with Crippen LogP contribution in [-0.4, -0.2) is 49.9 Å². The molecule has 1 fully saturated rings. The van der Waals surface area contributed by atoms with E-state index in [0.717, 1.165) is 38.7 Å². The number of halogens is 2. The first-order valence-electron chi connectivity index (χ1n) is 5.77. The van der Waals surface area contributed by atoms with Crippen molar-refractivity contribution in [1.29, 1.82) is 0 Å². The van der Waals surface area contributed by atoms with Crippen LogP contribution in [0.1, 0.15) is 0 Å². The molecule has 0 radical (unpaired) electrons. The van der Waals surface area contributed by atoms with Crippen LogP contribution in [0.2, 0.25) is 0 Å². The lowest BCUT2D eigenvalue weighted by molar-refractivity contribution is 0.127. The van der Waals surface area contributed by atoms with Crippen LogP contribution in [0.15, 0.2) is 12.4 Å². The molecule has 1 atom stereocenters. The first-order valence-corrected chi connectivity index (χ1v) is 5.77. The predicted octanol–water partition coefficient (Wildman–Crippen LogP) is 0.977. The SMILES string of the molecule is COc1cc(NCC2CNCCOC2)ncn1.Cl.Cl. The fourth-order valence-corrected chi connectivity index (χ4v) is 1.69. The molecular formula is C11H20Cl2N4O2. The summed E-state index contributed by atoms with van der Waals surface area (Å²) >= 11 is 0. The first-order chi connectivity index (χ1) is 8.38. The Bertz CT molecular complexity index is 349. The van der Waals surface area contributed by atoms with Crippen molar-refractivity contribution in [2.24, 2.45) is 5.92 Å². The van der Waals surface area contributed by atoms with Crippen LogP contribution in [-0.2, 0) is 4.74 Å². The average molecular weight is 311 g/mol. The molecule has 0 aliphatic carbocycles. The van der Waals surface area contributed by atoms with Crippen LogP contribution in [0.25, 0.3) is 0 Å². The Morgan fingerprint density at radius 2 is 2.32 bits per heavy atom. The van der Waals surface area contributed by atoms with Gasteiger partial charge in [0.15, 0.2) is 0 Å². The van der Waals surface area contributed by atoms with Crippen LogP contribution in [0.5, 0.6) is 5.88 Å². The van der Waals surface area contributed by atoms with Crippen molar-refractivity contribution in [3.8, 4) is 5.88 Å². The molecule has 1 aromatic rings. The number of hydrogen-bond donors (Lipinski definition) is 2. The molecule has 8 heteroatoms. The molecule has 0 saturated carbocycles. The first kappa shape index (κ1) is 18.2. The molecule has 1 aromatic heterocycles. The molecule has 2 heterocycles. The predicted molar refractivity (Wildman–Crippen MR) is 78.7 cm³/mol. The molecule has 0 bridgehead atoms. The van der Waals surface area contributed by atoms with Crippen LogP contribution < -0.4 is 15.4 Å². The summed E-state index contributed by atoms with van der Waals surface area (Å²) in [6.07, 6.45) is 1.49. The number of aromatic nitrogens is 2. The molecule has 19 heavy (non-hydrogen) atoms. The number of nitrogens with one attached hydrogen (secondary N) is 2. The monoisotopic (exact) mass is 310 g/mol. The van der Waals surface area contributed by atoms with E-state index in [4.69, 9.17) is 9.47 Å². The van der Waals surface area contributed by atoms with E-state index in [0.29, 0.717) is 11.8 Å². The number of methoxy groups -OCH3 is 1. The smallest absolute Gasteiger partial charge is 0.218 e. The Labute approximate surface area is 125 Å². The van der Waals surface area contributed by atoms with E-state index in [9.17, 15) is 0 Å². The molecule has 2 rings (SSSR count). The van der Waals surface area contributed by atoms with E-state index >= 15 is 0 Å². The maximum Gasteiger partial charge on any atom is 0.218 e. The highest BCUT2D eigenvalue weighted by Gasteiger charge is 2.12. The van der Waals surface area contributed by atoms with Gasteiger partial charge in [-0.1, -0.05) is 0 Å².